The van der Waals surface area contributed by atoms with Crippen LogP contribution in [0.25, 0.3) is 0 Å². The van der Waals surface area contributed by atoms with Crippen molar-refractivity contribution < 1.29 is 4.39 Å². The molecule has 0 bridgehead atoms. The van der Waals surface area contributed by atoms with Crippen LogP contribution < -0.4 is 5.73 Å². The van der Waals surface area contributed by atoms with Gasteiger partial charge in [0.1, 0.15) is 11.7 Å². The van der Waals surface area contributed by atoms with Crippen molar-refractivity contribution in [3.63, 3.8) is 0 Å². The average molecular weight is 281 g/mol. The number of aryl methyl sites for hydroxylation is 1. The summed E-state index contributed by atoms with van der Waals surface area (Å²) in [5.41, 5.74) is 9.60. The van der Waals surface area contributed by atoms with E-state index in [1.807, 2.05) is 25.1 Å². The monoisotopic (exact) mass is 281 g/mol. The highest BCUT2D eigenvalue weighted by atomic mass is 19.1. The molecule has 0 amide bonds. The molecule has 106 valence electrons. The smallest absolute Gasteiger partial charge is 0.123 e. The fourth-order valence-corrected chi connectivity index (χ4v) is 2.65. The fraction of sp³-hybridized carbons (Fsp3) is 0.176. The molecule has 2 aromatic rings. The number of nitrogens with two attached hydrogens (primary N) is 1. The van der Waals surface area contributed by atoms with E-state index in [9.17, 15) is 4.39 Å². The van der Waals surface area contributed by atoms with Crippen LogP contribution in [0.5, 0.6) is 0 Å². The van der Waals surface area contributed by atoms with Gasteiger partial charge in [-0.2, -0.15) is 5.10 Å². The van der Waals surface area contributed by atoms with Crippen molar-refractivity contribution in [2.45, 2.75) is 19.3 Å². The highest BCUT2D eigenvalue weighted by molar-refractivity contribution is 6.09. The molecule has 2 N–H and O–H groups in total. The molecular weight excluding hydrogens is 265 g/mol. The van der Waals surface area contributed by atoms with Crippen molar-refractivity contribution in [2.75, 3.05) is 0 Å². The van der Waals surface area contributed by atoms with Gasteiger partial charge in [0.25, 0.3) is 0 Å². The Hall–Kier alpha value is -2.49. The van der Waals surface area contributed by atoms with Crippen molar-refractivity contribution >= 4 is 11.5 Å². The van der Waals surface area contributed by atoms with Crippen LogP contribution in [-0.4, -0.2) is 11.5 Å². The topological polar surface area (TPSA) is 50.7 Å². The summed E-state index contributed by atoms with van der Waals surface area (Å²) in [6.45, 7) is 1.88. The third-order valence-electron chi connectivity index (χ3n) is 3.70. The SMILES string of the molecule is Cc1cc(F)ccc1C1=NN=C(N)CC1c1ccccc1. The standard InChI is InChI=1S/C17H16FN3/c1-11-9-13(18)7-8-14(11)17-15(10-16(19)20-21-17)12-5-3-2-4-6-12/h2-9,15H,10H2,1H3,(H2,19,20). The minimum absolute atomic E-state index is 0.0489. The van der Waals surface area contributed by atoms with Gasteiger partial charge < -0.3 is 5.73 Å². The third kappa shape index (κ3) is 2.70. The quantitative estimate of drug-likeness (QED) is 0.901. The van der Waals surface area contributed by atoms with Gasteiger partial charge in [0.05, 0.1) is 5.71 Å². The highest BCUT2D eigenvalue weighted by Crippen LogP contribution is 2.29. The summed E-state index contributed by atoms with van der Waals surface area (Å²) in [6.07, 6.45) is 0.625. The van der Waals surface area contributed by atoms with Gasteiger partial charge in [0.2, 0.25) is 0 Å². The van der Waals surface area contributed by atoms with E-state index in [1.54, 1.807) is 6.07 Å². The summed E-state index contributed by atoms with van der Waals surface area (Å²) in [5, 5.41) is 8.30. The maximum atomic E-state index is 13.3. The molecule has 0 saturated carbocycles. The van der Waals surface area contributed by atoms with Crippen LogP contribution in [0.2, 0.25) is 0 Å². The molecule has 1 heterocycles. The number of benzene rings is 2. The van der Waals surface area contributed by atoms with Crippen LogP contribution >= 0.6 is 0 Å². The van der Waals surface area contributed by atoms with Crippen LogP contribution in [0.4, 0.5) is 4.39 Å². The lowest BCUT2D eigenvalue weighted by molar-refractivity contribution is 0.626. The van der Waals surface area contributed by atoms with Crippen molar-refractivity contribution in [2.24, 2.45) is 15.9 Å². The molecule has 1 atom stereocenters. The number of nitrogens with zero attached hydrogens (tertiary/aromatic N) is 2. The van der Waals surface area contributed by atoms with E-state index in [2.05, 4.69) is 22.3 Å². The molecule has 0 aromatic heterocycles. The molecule has 0 aliphatic carbocycles. The van der Waals surface area contributed by atoms with Gasteiger partial charge >= 0.3 is 0 Å². The van der Waals surface area contributed by atoms with Gasteiger partial charge in [-0.3, -0.25) is 0 Å². The number of amidine groups is 1. The fourth-order valence-electron chi connectivity index (χ4n) is 2.65. The predicted octanol–water partition coefficient (Wildman–Crippen LogP) is 3.38. The van der Waals surface area contributed by atoms with Crippen molar-refractivity contribution in [1.29, 1.82) is 0 Å². The second-order valence-corrected chi connectivity index (χ2v) is 5.20. The molecule has 1 unspecified atom stereocenters. The van der Waals surface area contributed by atoms with Gasteiger partial charge in [-0.1, -0.05) is 30.3 Å². The normalized spacial score (nSPS) is 18.1. The minimum atomic E-state index is -0.244. The minimum Gasteiger partial charge on any atom is -0.386 e. The first kappa shape index (κ1) is 13.5. The second-order valence-electron chi connectivity index (χ2n) is 5.20. The van der Waals surface area contributed by atoms with E-state index < -0.39 is 0 Å². The predicted molar refractivity (Wildman–Crippen MR) is 83.1 cm³/mol. The van der Waals surface area contributed by atoms with E-state index in [-0.39, 0.29) is 11.7 Å². The zero-order valence-corrected chi connectivity index (χ0v) is 11.8. The Balaban J connectivity index is 2.08. The summed E-state index contributed by atoms with van der Waals surface area (Å²) >= 11 is 0. The summed E-state index contributed by atoms with van der Waals surface area (Å²) in [5.74, 6) is 0.326. The molecule has 0 radical (unpaired) electrons. The van der Waals surface area contributed by atoms with E-state index in [0.29, 0.717) is 12.3 Å². The van der Waals surface area contributed by atoms with Gasteiger partial charge in [-0.15, -0.1) is 5.10 Å². The summed E-state index contributed by atoms with van der Waals surface area (Å²) in [4.78, 5) is 0. The number of rotatable bonds is 2. The Labute approximate surface area is 123 Å². The van der Waals surface area contributed by atoms with E-state index in [1.165, 1.54) is 12.1 Å². The Morgan fingerprint density at radius 1 is 1.10 bits per heavy atom. The Bertz CT molecular complexity index is 720. The van der Waals surface area contributed by atoms with Crippen LogP contribution in [0.15, 0.2) is 58.7 Å². The number of halogens is 1. The van der Waals surface area contributed by atoms with Crippen LogP contribution in [0.1, 0.15) is 29.0 Å². The van der Waals surface area contributed by atoms with Gasteiger partial charge in [0, 0.05) is 17.9 Å². The van der Waals surface area contributed by atoms with E-state index in [4.69, 9.17) is 5.73 Å². The third-order valence-corrected chi connectivity index (χ3v) is 3.70. The average Bonchev–Trinajstić information content (AvgIpc) is 2.49. The van der Waals surface area contributed by atoms with E-state index >= 15 is 0 Å². The molecule has 1 aliphatic rings. The molecule has 0 fully saturated rings. The molecule has 3 rings (SSSR count). The molecule has 1 aliphatic heterocycles. The molecular formula is C17H16FN3. The molecule has 4 heteroatoms. The Morgan fingerprint density at radius 3 is 2.57 bits per heavy atom. The number of hydrogen-bond donors (Lipinski definition) is 1. The largest absolute Gasteiger partial charge is 0.386 e. The van der Waals surface area contributed by atoms with Gasteiger partial charge in [-0.25, -0.2) is 4.39 Å². The lowest BCUT2D eigenvalue weighted by Crippen LogP contribution is -2.26. The molecule has 0 saturated heterocycles. The highest BCUT2D eigenvalue weighted by Gasteiger charge is 2.25. The van der Waals surface area contributed by atoms with Gasteiger partial charge in [-0.05, 0) is 36.2 Å². The van der Waals surface area contributed by atoms with Gasteiger partial charge in [0.15, 0.2) is 0 Å². The maximum Gasteiger partial charge on any atom is 0.123 e. The summed E-state index contributed by atoms with van der Waals surface area (Å²) < 4.78 is 13.3. The first-order chi connectivity index (χ1) is 10.1. The zero-order valence-electron chi connectivity index (χ0n) is 11.8. The Kier molecular flexibility index (Phi) is 3.52. The molecule has 21 heavy (non-hydrogen) atoms. The van der Waals surface area contributed by atoms with Crippen LogP contribution in [0, 0.1) is 12.7 Å². The van der Waals surface area contributed by atoms with Crippen molar-refractivity contribution in [1.82, 2.24) is 0 Å². The first-order valence-electron chi connectivity index (χ1n) is 6.86. The zero-order chi connectivity index (χ0) is 14.8. The maximum absolute atomic E-state index is 13.3. The molecule has 3 nitrogen and oxygen atoms in total. The summed E-state index contributed by atoms with van der Waals surface area (Å²) in [6, 6.07) is 14.8. The lowest BCUT2D eigenvalue weighted by atomic mass is 9.85. The van der Waals surface area contributed by atoms with E-state index in [0.717, 1.165) is 22.4 Å². The van der Waals surface area contributed by atoms with Crippen LogP contribution in [0.3, 0.4) is 0 Å². The summed E-state index contributed by atoms with van der Waals surface area (Å²) in [7, 11) is 0. The second kappa shape index (κ2) is 5.48. The molecule has 0 spiro atoms. The first-order valence-corrected chi connectivity index (χ1v) is 6.86. The van der Waals surface area contributed by atoms with Crippen LogP contribution in [-0.2, 0) is 0 Å². The molecule has 2 aromatic carbocycles. The van der Waals surface area contributed by atoms with Crippen molar-refractivity contribution in [3.05, 3.63) is 71.0 Å². The lowest BCUT2D eigenvalue weighted by Gasteiger charge is -2.23. The Morgan fingerprint density at radius 2 is 1.86 bits per heavy atom. The number of hydrogen-bond acceptors (Lipinski definition) is 3. The van der Waals surface area contributed by atoms with Crippen molar-refractivity contribution in [3.8, 4) is 0 Å².